The summed E-state index contributed by atoms with van der Waals surface area (Å²) in [5, 5.41) is 10.4. The van der Waals surface area contributed by atoms with Crippen LogP contribution in [0.1, 0.15) is 5.69 Å². The molecular weight excluding hydrogens is 230 g/mol. The summed E-state index contributed by atoms with van der Waals surface area (Å²) >= 11 is 3.40. The first-order chi connectivity index (χ1) is 6.18. The second-order valence-corrected chi connectivity index (χ2v) is 3.75. The molecule has 0 spiro atoms. The van der Waals surface area contributed by atoms with Crippen LogP contribution in [0.3, 0.4) is 0 Å². The van der Waals surface area contributed by atoms with Crippen LogP contribution >= 0.6 is 15.9 Å². The molecule has 0 amide bonds. The Hall–Kier alpha value is -1.09. The first kappa shape index (κ1) is 8.51. The third-order valence-electron chi connectivity index (χ3n) is 1.97. The molecule has 0 bridgehead atoms. The van der Waals surface area contributed by atoms with Crippen molar-refractivity contribution in [2.24, 2.45) is 0 Å². The predicted molar refractivity (Wildman–Crippen MR) is 55.8 cm³/mol. The normalized spacial score (nSPS) is 10.6. The minimum atomic E-state index is 0.236. The predicted octanol–water partition coefficient (Wildman–Crippen LogP) is 3.01. The molecule has 0 aliphatic rings. The molecule has 0 atom stereocenters. The van der Waals surface area contributed by atoms with E-state index in [1.165, 1.54) is 0 Å². The van der Waals surface area contributed by atoms with Gasteiger partial charge >= 0.3 is 0 Å². The maximum atomic E-state index is 9.46. The van der Waals surface area contributed by atoms with E-state index in [0.29, 0.717) is 5.69 Å². The van der Waals surface area contributed by atoms with Crippen molar-refractivity contribution < 1.29 is 5.11 Å². The number of pyridine rings is 1. The van der Waals surface area contributed by atoms with Gasteiger partial charge in [0.2, 0.25) is 0 Å². The van der Waals surface area contributed by atoms with E-state index in [0.717, 1.165) is 15.4 Å². The van der Waals surface area contributed by atoms with E-state index in [2.05, 4.69) is 20.9 Å². The largest absolute Gasteiger partial charge is 0.506 e. The molecule has 66 valence electrons. The first-order valence-corrected chi connectivity index (χ1v) is 4.72. The summed E-state index contributed by atoms with van der Waals surface area (Å²) in [4.78, 5) is 4.26. The van der Waals surface area contributed by atoms with Crippen molar-refractivity contribution in [3.63, 3.8) is 0 Å². The highest BCUT2D eigenvalue weighted by Crippen LogP contribution is 2.27. The van der Waals surface area contributed by atoms with Crippen LogP contribution in [0.5, 0.6) is 5.75 Å². The molecule has 3 heteroatoms. The maximum absolute atomic E-state index is 9.46. The summed E-state index contributed by atoms with van der Waals surface area (Å²) in [5.74, 6) is 0.236. The number of aryl methyl sites for hydroxylation is 1. The summed E-state index contributed by atoms with van der Waals surface area (Å²) in [6, 6.07) is 7.50. The molecule has 1 aromatic heterocycles. The molecule has 13 heavy (non-hydrogen) atoms. The van der Waals surface area contributed by atoms with Gasteiger partial charge in [0, 0.05) is 9.86 Å². The van der Waals surface area contributed by atoms with Crippen molar-refractivity contribution >= 4 is 26.8 Å². The van der Waals surface area contributed by atoms with Crippen molar-refractivity contribution in [3.05, 3.63) is 34.4 Å². The third-order valence-corrected chi connectivity index (χ3v) is 2.66. The number of rotatable bonds is 0. The van der Waals surface area contributed by atoms with E-state index in [1.54, 1.807) is 13.0 Å². The Kier molecular flexibility index (Phi) is 1.96. The van der Waals surface area contributed by atoms with E-state index in [9.17, 15) is 5.11 Å². The van der Waals surface area contributed by atoms with Crippen LogP contribution in [0.25, 0.3) is 10.9 Å². The Bertz CT molecular complexity index is 468. The molecule has 0 aliphatic heterocycles. The smallest absolute Gasteiger partial charge is 0.137 e. The van der Waals surface area contributed by atoms with Crippen LogP contribution in [0.15, 0.2) is 28.7 Å². The maximum Gasteiger partial charge on any atom is 0.137 e. The van der Waals surface area contributed by atoms with Crippen molar-refractivity contribution in [1.29, 1.82) is 0 Å². The second kappa shape index (κ2) is 3.00. The minimum absolute atomic E-state index is 0.236. The summed E-state index contributed by atoms with van der Waals surface area (Å²) in [5.41, 5.74) is 1.55. The first-order valence-electron chi connectivity index (χ1n) is 3.93. The Balaban J connectivity index is 2.89. The lowest BCUT2D eigenvalue weighted by Crippen LogP contribution is -1.84. The van der Waals surface area contributed by atoms with E-state index in [1.807, 2.05) is 18.2 Å². The van der Waals surface area contributed by atoms with Gasteiger partial charge in [-0.25, -0.2) is 4.98 Å². The fourth-order valence-corrected chi connectivity index (χ4v) is 1.72. The van der Waals surface area contributed by atoms with E-state index in [-0.39, 0.29) is 5.75 Å². The van der Waals surface area contributed by atoms with Gasteiger partial charge in [-0.3, -0.25) is 0 Å². The van der Waals surface area contributed by atoms with Gasteiger partial charge in [-0.2, -0.15) is 0 Å². The topological polar surface area (TPSA) is 33.1 Å². The number of hydrogen-bond donors (Lipinski definition) is 1. The quantitative estimate of drug-likeness (QED) is 0.765. The average molecular weight is 238 g/mol. The van der Waals surface area contributed by atoms with Crippen molar-refractivity contribution in [2.45, 2.75) is 6.92 Å². The monoisotopic (exact) mass is 237 g/mol. The lowest BCUT2D eigenvalue weighted by atomic mass is 10.2. The van der Waals surface area contributed by atoms with Crippen LogP contribution in [0, 0.1) is 6.92 Å². The van der Waals surface area contributed by atoms with Gasteiger partial charge in [0.15, 0.2) is 0 Å². The van der Waals surface area contributed by atoms with Crippen LogP contribution in [0.2, 0.25) is 0 Å². The van der Waals surface area contributed by atoms with Gasteiger partial charge in [0.25, 0.3) is 0 Å². The van der Waals surface area contributed by atoms with Crippen molar-refractivity contribution in [2.75, 3.05) is 0 Å². The van der Waals surface area contributed by atoms with Crippen LogP contribution in [-0.4, -0.2) is 10.1 Å². The lowest BCUT2D eigenvalue weighted by molar-refractivity contribution is 0.469. The number of benzene rings is 1. The third kappa shape index (κ3) is 1.40. The number of hydrogen-bond acceptors (Lipinski definition) is 2. The van der Waals surface area contributed by atoms with Crippen molar-refractivity contribution in [1.82, 2.24) is 4.98 Å². The molecule has 0 aliphatic carbocycles. The van der Waals surface area contributed by atoms with Gasteiger partial charge in [0.1, 0.15) is 5.75 Å². The molecular formula is C10H8BrNO. The summed E-state index contributed by atoms with van der Waals surface area (Å²) in [7, 11) is 0. The zero-order chi connectivity index (χ0) is 9.42. The molecule has 0 radical (unpaired) electrons. The number of halogens is 1. The zero-order valence-corrected chi connectivity index (χ0v) is 8.67. The Morgan fingerprint density at radius 3 is 2.92 bits per heavy atom. The Morgan fingerprint density at radius 2 is 2.15 bits per heavy atom. The number of aromatic hydroxyl groups is 1. The van der Waals surface area contributed by atoms with Crippen LogP contribution in [-0.2, 0) is 0 Å². The van der Waals surface area contributed by atoms with Crippen molar-refractivity contribution in [3.8, 4) is 5.75 Å². The van der Waals surface area contributed by atoms with Gasteiger partial charge in [0.05, 0.1) is 11.2 Å². The van der Waals surface area contributed by atoms with Gasteiger partial charge in [-0.05, 0) is 25.1 Å². The van der Waals surface area contributed by atoms with Crippen LogP contribution < -0.4 is 0 Å². The fraction of sp³-hybridized carbons (Fsp3) is 0.100. The highest BCUT2D eigenvalue weighted by atomic mass is 79.9. The summed E-state index contributed by atoms with van der Waals surface area (Å²) < 4.78 is 0.952. The molecule has 1 heterocycles. The van der Waals surface area contributed by atoms with Gasteiger partial charge in [-0.15, -0.1) is 0 Å². The average Bonchev–Trinajstić information content (AvgIpc) is 2.09. The molecule has 0 saturated carbocycles. The molecule has 0 fully saturated rings. The second-order valence-electron chi connectivity index (χ2n) is 2.90. The number of fused-ring (bicyclic) bond motifs is 1. The van der Waals surface area contributed by atoms with Gasteiger partial charge < -0.3 is 5.11 Å². The molecule has 2 nitrogen and oxygen atoms in total. The standard InChI is InChI=1S/C10H8BrNO/c1-6-10(13)5-7-8(11)3-2-4-9(7)12-6/h2-5,13H,1H3. The molecule has 0 unspecified atom stereocenters. The Morgan fingerprint density at radius 1 is 1.38 bits per heavy atom. The molecule has 0 saturated heterocycles. The molecule has 1 aromatic carbocycles. The SMILES string of the molecule is Cc1nc2cccc(Br)c2cc1O. The number of nitrogens with zero attached hydrogens (tertiary/aromatic N) is 1. The molecule has 2 rings (SSSR count). The summed E-state index contributed by atoms with van der Waals surface area (Å²) in [6.45, 7) is 1.79. The highest BCUT2D eigenvalue weighted by Gasteiger charge is 2.03. The Labute approximate surface area is 84.4 Å². The summed E-state index contributed by atoms with van der Waals surface area (Å²) in [6.07, 6.45) is 0. The van der Waals surface area contributed by atoms with E-state index < -0.39 is 0 Å². The molecule has 1 N–H and O–H groups in total. The van der Waals surface area contributed by atoms with Gasteiger partial charge in [-0.1, -0.05) is 22.0 Å². The lowest BCUT2D eigenvalue weighted by Gasteiger charge is -2.02. The highest BCUT2D eigenvalue weighted by molar-refractivity contribution is 9.10. The van der Waals surface area contributed by atoms with E-state index >= 15 is 0 Å². The zero-order valence-electron chi connectivity index (χ0n) is 7.08. The fourth-order valence-electron chi connectivity index (χ4n) is 1.25. The van der Waals surface area contributed by atoms with E-state index in [4.69, 9.17) is 0 Å². The minimum Gasteiger partial charge on any atom is -0.506 e. The molecule has 2 aromatic rings. The number of aromatic nitrogens is 1. The van der Waals surface area contributed by atoms with Crippen LogP contribution in [0.4, 0.5) is 0 Å².